The van der Waals surface area contributed by atoms with Crippen LogP contribution < -0.4 is 15.6 Å². The number of ether oxygens (including phenoxy) is 1. The van der Waals surface area contributed by atoms with Gasteiger partial charge in [-0.3, -0.25) is 9.78 Å². The topological polar surface area (TPSA) is 67.0 Å². The van der Waals surface area contributed by atoms with Crippen molar-refractivity contribution < 1.29 is 4.74 Å². The number of nitrogens with zero attached hydrogens (tertiary/aromatic N) is 1. The van der Waals surface area contributed by atoms with Crippen molar-refractivity contribution in [3.8, 4) is 5.75 Å². The van der Waals surface area contributed by atoms with Crippen molar-refractivity contribution in [1.29, 1.82) is 0 Å². The van der Waals surface area contributed by atoms with Crippen LogP contribution in [-0.2, 0) is 12.8 Å². The number of fused-ring (bicyclic) bond motifs is 1. The lowest BCUT2D eigenvalue weighted by Crippen LogP contribution is -2.16. The monoisotopic (exact) mass is 271 g/mol. The van der Waals surface area contributed by atoms with Crippen LogP contribution in [0.3, 0.4) is 0 Å². The highest BCUT2D eigenvalue weighted by atomic mass is 16.5. The zero-order valence-corrected chi connectivity index (χ0v) is 11.4. The number of rotatable bonds is 4. The van der Waals surface area contributed by atoms with Crippen molar-refractivity contribution in [2.24, 2.45) is 0 Å². The van der Waals surface area contributed by atoms with E-state index in [9.17, 15) is 4.79 Å². The normalized spacial score (nSPS) is 13.1. The highest BCUT2D eigenvalue weighted by Crippen LogP contribution is 2.20. The fourth-order valence-corrected chi connectivity index (χ4v) is 2.44. The van der Waals surface area contributed by atoms with E-state index in [1.54, 1.807) is 0 Å². The summed E-state index contributed by atoms with van der Waals surface area (Å²) in [5.41, 5.74) is 2.60. The van der Waals surface area contributed by atoms with E-state index < -0.39 is 0 Å². The Hall–Kier alpha value is -2.30. The number of hydrogen-bond donors (Lipinski definition) is 2. The summed E-state index contributed by atoms with van der Waals surface area (Å²) in [6.07, 6.45) is 2.73. The molecule has 0 fully saturated rings. The van der Waals surface area contributed by atoms with E-state index >= 15 is 0 Å². The van der Waals surface area contributed by atoms with Crippen LogP contribution in [0.5, 0.6) is 5.75 Å². The van der Waals surface area contributed by atoms with Crippen molar-refractivity contribution in [1.82, 2.24) is 9.97 Å². The molecule has 1 aliphatic rings. The quantitative estimate of drug-likeness (QED) is 0.896. The second-order valence-electron chi connectivity index (χ2n) is 4.78. The summed E-state index contributed by atoms with van der Waals surface area (Å²) in [6.45, 7) is 2.60. The molecule has 1 aromatic heterocycles. The molecule has 5 heteroatoms. The molecule has 0 spiro atoms. The van der Waals surface area contributed by atoms with Gasteiger partial charge < -0.3 is 10.1 Å². The maximum Gasteiger partial charge on any atom is 0.255 e. The number of nitrogens with one attached hydrogen (secondary N) is 2. The molecule has 1 aromatic carbocycles. The standard InChI is InChI=1S/C15H17N3O2/c1-2-20-11-8-6-10(7-9-11)16-15-17-13-5-3-4-12(13)14(19)18-15/h6-9H,2-5H2,1H3,(H2,16,17,18,19). The molecule has 0 bridgehead atoms. The molecule has 0 amide bonds. The molecule has 0 saturated carbocycles. The van der Waals surface area contributed by atoms with Gasteiger partial charge in [0.15, 0.2) is 0 Å². The number of aromatic amines is 1. The molecule has 5 nitrogen and oxygen atoms in total. The van der Waals surface area contributed by atoms with Crippen LogP contribution >= 0.6 is 0 Å². The van der Waals surface area contributed by atoms with Gasteiger partial charge in [0.2, 0.25) is 5.95 Å². The van der Waals surface area contributed by atoms with Crippen LogP contribution in [0.4, 0.5) is 11.6 Å². The SMILES string of the molecule is CCOc1ccc(Nc2nc3c(c(=O)[nH]2)CCC3)cc1. The smallest absolute Gasteiger partial charge is 0.255 e. The van der Waals surface area contributed by atoms with Crippen LogP contribution in [0, 0.1) is 0 Å². The lowest BCUT2D eigenvalue weighted by atomic mass is 10.2. The number of aromatic nitrogens is 2. The Kier molecular flexibility index (Phi) is 3.41. The second-order valence-corrected chi connectivity index (χ2v) is 4.78. The van der Waals surface area contributed by atoms with E-state index in [-0.39, 0.29) is 5.56 Å². The predicted molar refractivity (Wildman–Crippen MR) is 77.8 cm³/mol. The molecular weight excluding hydrogens is 254 g/mol. The van der Waals surface area contributed by atoms with Gasteiger partial charge in [-0.2, -0.15) is 0 Å². The maximum atomic E-state index is 11.9. The molecule has 1 aliphatic carbocycles. The Labute approximate surface area is 117 Å². The molecule has 0 aliphatic heterocycles. The number of benzene rings is 1. The average molecular weight is 271 g/mol. The van der Waals surface area contributed by atoms with Crippen LogP contribution in [-0.4, -0.2) is 16.6 Å². The fourth-order valence-electron chi connectivity index (χ4n) is 2.44. The summed E-state index contributed by atoms with van der Waals surface area (Å²) in [5.74, 6) is 1.33. The van der Waals surface area contributed by atoms with E-state index in [1.807, 2.05) is 31.2 Å². The van der Waals surface area contributed by atoms with Gasteiger partial charge in [0, 0.05) is 11.3 Å². The minimum atomic E-state index is -0.0269. The maximum absolute atomic E-state index is 11.9. The summed E-state index contributed by atoms with van der Waals surface area (Å²) in [5, 5.41) is 3.12. The summed E-state index contributed by atoms with van der Waals surface area (Å²) in [4.78, 5) is 19.2. The third-order valence-electron chi connectivity index (χ3n) is 3.37. The number of H-pyrrole nitrogens is 1. The molecule has 2 N–H and O–H groups in total. The molecule has 20 heavy (non-hydrogen) atoms. The first kappa shape index (κ1) is 12.7. The highest BCUT2D eigenvalue weighted by Gasteiger charge is 2.16. The van der Waals surface area contributed by atoms with E-state index in [0.717, 1.165) is 42.0 Å². The first-order chi connectivity index (χ1) is 9.76. The largest absolute Gasteiger partial charge is 0.494 e. The lowest BCUT2D eigenvalue weighted by Gasteiger charge is -2.08. The van der Waals surface area contributed by atoms with E-state index in [2.05, 4.69) is 15.3 Å². The predicted octanol–water partition coefficient (Wildman–Crippen LogP) is 2.40. The Balaban J connectivity index is 1.81. The third kappa shape index (κ3) is 2.52. The molecule has 1 heterocycles. The first-order valence-electron chi connectivity index (χ1n) is 6.88. The molecule has 3 rings (SSSR count). The molecule has 0 atom stereocenters. The van der Waals surface area contributed by atoms with Gasteiger partial charge in [-0.05, 0) is 50.5 Å². The Bertz CT molecular complexity index is 662. The van der Waals surface area contributed by atoms with Gasteiger partial charge in [-0.25, -0.2) is 4.98 Å². The second kappa shape index (κ2) is 5.36. The van der Waals surface area contributed by atoms with Gasteiger partial charge in [0.1, 0.15) is 5.75 Å². The number of hydrogen-bond acceptors (Lipinski definition) is 4. The van der Waals surface area contributed by atoms with Gasteiger partial charge in [0.25, 0.3) is 5.56 Å². The molecule has 104 valence electrons. The summed E-state index contributed by atoms with van der Waals surface area (Å²) in [7, 11) is 0. The fraction of sp³-hybridized carbons (Fsp3) is 0.333. The highest BCUT2D eigenvalue weighted by molar-refractivity contribution is 5.54. The zero-order valence-electron chi connectivity index (χ0n) is 11.4. The minimum Gasteiger partial charge on any atom is -0.494 e. The van der Waals surface area contributed by atoms with Crippen molar-refractivity contribution in [3.05, 3.63) is 45.9 Å². The zero-order chi connectivity index (χ0) is 13.9. The summed E-state index contributed by atoms with van der Waals surface area (Å²) < 4.78 is 5.39. The molecule has 0 saturated heterocycles. The number of anilines is 2. The van der Waals surface area contributed by atoms with Crippen LogP contribution in [0.25, 0.3) is 0 Å². The van der Waals surface area contributed by atoms with E-state index in [0.29, 0.717) is 12.6 Å². The Morgan fingerprint density at radius 1 is 1.30 bits per heavy atom. The van der Waals surface area contributed by atoms with E-state index in [4.69, 9.17) is 4.74 Å². The van der Waals surface area contributed by atoms with Gasteiger partial charge in [0.05, 0.1) is 12.3 Å². The molecule has 0 unspecified atom stereocenters. The average Bonchev–Trinajstić information content (AvgIpc) is 2.90. The summed E-state index contributed by atoms with van der Waals surface area (Å²) >= 11 is 0. The first-order valence-corrected chi connectivity index (χ1v) is 6.88. The van der Waals surface area contributed by atoms with Crippen molar-refractivity contribution >= 4 is 11.6 Å². The van der Waals surface area contributed by atoms with Crippen LogP contribution in [0.1, 0.15) is 24.6 Å². The van der Waals surface area contributed by atoms with Crippen LogP contribution in [0.15, 0.2) is 29.1 Å². The van der Waals surface area contributed by atoms with Crippen molar-refractivity contribution in [2.75, 3.05) is 11.9 Å². The molecule has 0 radical (unpaired) electrons. The minimum absolute atomic E-state index is 0.0269. The molecule has 2 aromatic rings. The Morgan fingerprint density at radius 2 is 2.10 bits per heavy atom. The lowest BCUT2D eigenvalue weighted by molar-refractivity contribution is 0.340. The van der Waals surface area contributed by atoms with Gasteiger partial charge in [-0.1, -0.05) is 0 Å². The summed E-state index contributed by atoms with van der Waals surface area (Å²) in [6, 6.07) is 7.57. The third-order valence-corrected chi connectivity index (χ3v) is 3.37. The number of aryl methyl sites for hydroxylation is 1. The Morgan fingerprint density at radius 3 is 2.85 bits per heavy atom. The van der Waals surface area contributed by atoms with Gasteiger partial charge in [-0.15, -0.1) is 0 Å². The van der Waals surface area contributed by atoms with Gasteiger partial charge >= 0.3 is 0 Å². The molecular formula is C15H17N3O2. The van der Waals surface area contributed by atoms with Crippen molar-refractivity contribution in [2.45, 2.75) is 26.2 Å². The van der Waals surface area contributed by atoms with Crippen LogP contribution in [0.2, 0.25) is 0 Å². The van der Waals surface area contributed by atoms with E-state index in [1.165, 1.54) is 0 Å². The van der Waals surface area contributed by atoms with Crippen molar-refractivity contribution in [3.63, 3.8) is 0 Å².